The Morgan fingerprint density at radius 3 is 2.58 bits per heavy atom. The minimum atomic E-state index is 0. The first-order valence-electron chi connectivity index (χ1n) is 6.12. The van der Waals surface area contributed by atoms with E-state index in [4.69, 9.17) is 4.42 Å². The second-order valence-corrected chi connectivity index (χ2v) is 4.05. The summed E-state index contributed by atoms with van der Waals surface area (Å²) in [6, 6.07) is 10.9. The van der Waals surface area contributed by atoms with E-state index in [2.05, 4.69) is 39.9 Å². The highest BCUT2D eigenvalue weighted by atomic mass is 35.5. The highest BCUT2D eigenvalue weighted by Gasteiger charge is 2.12. The molecule has 5 nitrogen and oxygen atoms in total. The molecule has 0 unspecified atom stereocenters. The number of halogens is 1. The number of nitrogens with zero attached hydrogens (tertiary/aromatic N) is 2. The van der Waals surface area contributed by atoms with Gasteiger partial charge in [-0.25, -0.2) is 0 Å². The summed E-state index contributed by atoms with van der Waals surface area (Å²) in [6.45, 7) is 2.70. The third-order valence-corrected chi connectivity index (χ3v) is 2.70. The Balaban J connectivity index is 0.00000180. The number of hydrogen-bond acceptors (Lipinski definition) is 5. The Morgan fingerprint density at radius 2 is 1.95 bits per heavy atom. The molecule has 19 heavy (non-hydrogen) atoms. The molecule has 104 valence electrons. The molecule has 2 aromatic rings. The van der Waals surface area contributed by atoms with Gasteiger partial charge < -0.3 is 15.1 Å². The van der Waals surface area contributed by atoms with Crippen LogP contribution in [0, 0.1) is 0 Å². The zero-order chi connectivity index (χ0) is 12.8. The summed E-state index contributed by atoms with van der Waals surface area (Å²) in [7, 11) is 1.84. The van der Waals surface area contributed by atoms with Crippen LogP contribution in [0.3, 0.4) is 0 Å². The van der Waals surface area contributed by atoms with Gasteiger partial charge in [-0.05, 0) is 19.0 Å². The Kier molecular flexibility index (Phi) is 6.32. The van der Waals surface area contributed by atoms with Gasteiger partial charge in [0.05, 0.1) is 12.6 Å². The first-order valence-corrected chi connectivity index (χ1v) is 6.12. The molecule has 2 N–H and O–H groups in total. The number of nitrogens with one attached hydrogen (secondary N) is 2. The molecule has 1 aromatic carbocycles. The quantitative estimate of drug-likeness (QED) is 0.853. The van der Waals surface area contributed by atoms with Crippen molar-refractivity contribution in [2.24, 2.45) is 0 Å². The van der Waals surface area contributed by atoms with E-state index in [1.54, 1.807) is 0 Å². The highest BCUT2D eigenvalue weighted by Crippen LogP contribution is 2.21. The lowest BCUT2D eigenvalue weighted by molar-refractivity contribution is 0.483. The maximum atomic E-state index is 5.48. The first-order chi connectivity index (χ1) is 8.83. The van der Waals surface area contributed by atoms with Gasteiger partial charge in [0.25, 0.3) is 0 Å². The summed E-state index contributed by atoms with van der Waals surface area (Å²) in [5.41, 5.74) is 1.22. The van der Waals surface area contributed by atoms with Crippen molar-refractivity contribution in [3.05, 3.63) is 41.8 Å². The molecular weight excluding hydrogens is 264 g/mol. The Labute approximate surface area is 119 Å². The fraction of sp³-hybridized carbons (Fsp3) is 0.385. The Hall–Kier alpha value is -1.59. The van der Waals surface area contributed by atoms with Gasteiger partial charge in [0.2, 0.25) is 5.89 Å². The van der Waals surface area contributed by atoms with Crippen molar-refractivity contribution in [1.82, 2.24) is 15.5 Å². The smallest absolute Gasteiger partial charge is 0.315 e. The molecule has 0 saturated carbocycles. The van der Waals surface area contributed by atoms with Crippen molar-refractivity contribution in [3.8, 4) is 0 Å². The van der Waals surface area contributed by atoms with E-state index >= 15 is 0 Å². The number of rotatable bonds is 6. The predicted octanol–water partition coefficient (Wildman–Crippen LogP) is 2.77. The van der Waals surface area contributed by atoms with E-state index in [9.17, 15) is 0 Å². The molecule has 2 rings (SSSR count). The normalized spacial score (nSPS) is 11.7. The van der Waals surface area contributed by atoms with Crippen LogP contribution in [0.2, 0.25) is 0 Å². The van der Waals surface area contributed by atoms with E-state index in [0.717, 1.165) is 6.42 Å². The van der Waals surface area contributed by atoms with Gasteiger partial charge in [-0.15, -0.1) is 17.5 Å². The number of hydrogen-bond donors (Lipinski definition) is 2. The molecule has 6 heteroatoms. The average Bonchev–Trinajstić information content (AvgIpc) is 2.85. The lowest BCUT2D eigenvalue weighted by Gasteiger charge is -2.15. The van der Waals surface area contributed by atoms with Gasteiger partial charge in [0, 0.05) is 0 Å². The molecule has 0 saturated heterocycles. The predicted molar refractivity (Wildman–Crippen MR) is 77.4 cm³/mol. The van der Waals surface area contributed by atoms with Crippen LogP contribution in [-0.4, -0.2) is 17.2 Å². The van der Waals surface area contributed by atoms with Crippen molar-refractivity contribution in [3.63, 3.8) is 0 Å². The zero-order valence-electron chi connectivity index (χ0n) is 11.1. The molecule has 0 bridgehead atoms. The van der Waals surface area contributed by atoms with Crippen LogP contribution in [-0.2, 0) is 6.54 Å². The second-order valence-electron chi connectivity index (χ2n) is 4.05. The summed E-state index contributed by atoms with van der Waals surface area (Å²) in [5.74, 6) is 0.586. The van der Waals surface area contributed by atoms with Crippen LogP contribution in [0.25, 0.3) is 0 Å². The highest BCUT2D eigenvalue weighted by molar-refractivity contribution is 5.85. The number of benzene rings is 1. The van der Waals surface area contributed by atoms with Crippen molar-refractivity contribution in [1.29, 1.82) is 0 Å². The maximum absolute atomic E-state index is 5.48. The molecule has 0 radical (unpaired) electrons. The number of anilines is 1. The van der Waals surface area contributed by atoms with E-state index < -0.39 is 0 Å². The molecule has 0 amide bonds. The molecule has 0 aliphatic carbocycles. The Morgan fingerprint density at radius 1 is 1.21 bits per heavy atom. The SMILES string of the molecule is CC[C@H](Nc1nnc(CNC)o1)c1ccccc1.Cl. The van der Waals surface area contributed by atoms with Crippen LogP contribution in [0.5, 0.6) is 0 Å². The Bertz CT molecular complexity index is 475. The summed E-state index contributed by atoms with van der Waals surface area (Å²) in [4.78, 5) is 0. The minimum absolute atomic E-state index is 0. The average molecular weight is 283 g/mol. The van der Waals surface area contributed by atoms with Gasteiger partial charge in [-0.2, -0.15) is 0 Å². The molecule has 0 aliphatic heterocycles. The van der Waals surface area contributed by atoms with E-state index in [-0.39, 0.29) is 18.4 Å². The van der Waals surface area contributed by atoms with Crippen LogP contribution in [0.4, 0.5) is 6.01 Å². The lowest BCUT2D eigenvalue weighted by atomic mass is 10.1. The molecular formula is C13H19ClN4O. The van der Waals surface area contributed by atoms with E-state index in [0.29, 0.717) is 18.5 Å². The topological polar surface area (TPSA) is 63.0 Å². The monoisotopic (exact) mass is 282 g/mol. The molecule has 1 aromatic heterocycles. The minimum Gasteiger partial charge on any atom is -0.407 e. The van der Waals surface area contributed by atoms with Crippen molar-refractivity contribution in [2.45, 2.75) is 25.9 Å². The van der Waals surface area contributed by atoms with E-state index in [1.165, 1.54) is 5.56 Å². The third-order valence-electron chi connectivity index (χ3n) is 2.70. The molecule has 0 fully saturated rings. The van der Waals surface area contributed by atoms with Crippen molar-refractivity contribution < 1.29 is 4.42 Å². The summed E-state index contributed by atoms with van der Waals surface area (Å²) in [5, 5.41) is 14.2. The van der Waals surface area contributed by atoms with Gasteiger partial charge in [0.15, 0.2) is 0 Å². The van der Waals surface area contributed by atoms with Crippen molar-refractivity contribution in [2.75, 3.05) is 12.4 Å². The van der Waals surface area contributed by atoms with Crippen LogP contribution >= 0.6 is 12.4 Å². The van der Waals surface area contributed by atoms with Crippen LogP contribution < -0.4 is 10.6 Å². The summed E-state index contributed by atoms with van der Waals surface area (Å²) >= 11 is 0. The fourth-order valence-electron chi connectivity index (χ4n) is 1.79. The van der Waals surface area contributed by atoms with Gasteiger partial charge >= 0.3 is 6.01 Å². The molecule has 0 spiro atoms. The van der Waals surface area contributed by atoms with Gasteiger partial charge in [0.1, 0.15) is 0 Å². The molecule has 0 aliphatic rings. The summed E-state index contributed by atoms with van der Waals surface area (Å²) in [6.07, 6.45) is 0.952. The fourth-order valence-corrected chi connectivity index (χ4v) is 1.79. The van der Waals surface area contributed by atoms with Gasteiger partial charge in [-0.3, -0.25) is 0 Å². The second kappa shape index (κ2) is 7.76. The summed E-state index contributed by atoms with van der Waals surface area (Å²) < 4.78 is 5.48. The van der Waals surface area contributed by atoms with E-state index in [1.807, 2.05) is 25.2 Å². The molecule has 1 atom stereocenters. The van der Waals surface area contributed by atoms with Crippen LogP contribution in [0.15, 0.2) is 34.7 Å². The number of aromatic nitrogens is 2. The lowest BCUT2D eigenvalue weighted by Crippen LogP contribution is -2.09. The van der Waals surface area contributed by atoms with Crippen LogP contribution in [0.1, 0.15) is 30.8 Å². The van der Waals surface area contributed by atoms with Gasteiger partial charge in [-0.1, -0.05) is 42.4 Å². The van der Waals surface area contributed by atoms with Crippen molar-refractivity contribution >= 4 is 18.4 Å². The first kappa shape index (κ1) is 15.5. The molecule has 1 heterocycles. The third kappa shape index (κ3) is 4.22. The largest absolute Gasteiger partial charge is 0.407 e. The zero-order valence-corrected chi connectivity index (χ0v) is 11.9. The maximum Gasteiger partial charge on any atom is 0.315 e. The standard InChI is InChI=1S/C13H18N4O.ClH/c1-3-11(10-7-5-4-6-8-10)15-13-17-16-12(18-13)9-14-2;/h4-8,11,14H,3,9H2,1-2H3,(H,15,17);1H/t11-;/m0./s1.